The zero-order valence-corrected chi connectivity index (χ0v) is 28.1. The molecule has 2 aliphatic rings. The molecule has 0 aromatic heterocycles. The van der Waals surface area contributed by atoms with Gasteiger partial charge in [-0.15, -0.1) is 0 Å². The Bertz CT molecular complexity index is 1000. The van der Waals surface area contributed by atoms with Crippen molar-refractivity contribution < 1.29 is 66.7 Å². The fourth-order valence-corrected chi connectivity index (χ4v) is 5.56. The van der Waals surface area contributed by atoms with Gasteiger partial charge >= 0.3 is 35.8 Å². The Labute approximate surface area is 281 Å². The molecule has 0 saturated heterocycles. The molecule has 6 atom stereocenters. The minimum Gasteiger partial charge on any atom is -0.462 e. The third kappa shape index (κ3) is 15.0. The molecular weight excluding hydrogens is 632 g/mol. The standard InChI is InChI=1S/C34H50O14/c1-5-29(35)43-19-21-45-31(37)25-13-7-9-15-27(25)33(39)47-23(3)41-17-11-12-18-42-24(4)48-34(40)28-16-10-8-14-26(28)32(38)46-22-20-44-30(36)6-2/h5-6,23-28H,1-2,7-22H2,3-4H3. The van der Waals surface area contributed by atoms with Gasteiger partial charge in [0.2, 0.25) is 0 Å². The van der Waals surface area contributed by atoms with Crippen LogP contribution in [0.5, 0.6) is 0 Å². The Morgan fingerprint density at radius 1 is 0.521 bits per heavy atom. The molecule has 2 rings (SSSR count). The Balaban J connectivity index is 1.64. The first-order valence-corrected chi connectivity index (χ1v) is 16.6. The van der Waals surface area contributed by atoms with E-state index < -0.39 is 72.1 Å². The van der Waals surface area contributed by atoms with E-state index in [2.05, 4.69) is 13.2 Å². The highest BCUT2D eigenvalue weighted by atomic mass is 16.7. The molecule has 0 amide bonds. The second-order valence-corrected chi connectivity index (χ2v) is 11.5. The van der Waals surface area contributed by atoms with Crippen molar-refractivity contribution in [2.75, 3.05) is 39.6 Å². The SMILES string of the molecule is C=CC(=O)OCCOC(=O)C1CCCCC1C(=O)OC(C)OCCCCOC(C)OC(=O)C1CCCCC1C(=O)OCCOC(=O)C=C. The van der Waals surface area contributed by atoms with Crippen LogP contribution in [0.15, 0.2) is 25.3 Å². The molecule has 14 heteroatoms. The van der Waals surface area contributed by atoms with E-state index in [1.165, 1.54) is 0 Å². The predicted octanol–water partition coefficient (Wildman–Crippen LogP) is 3.74. The van der Waals surface area contributed by atoms with Crippen molar-refractivity contribution in [2.45, 2.75) is 90.6 Å². The van der Waals surface area contributed by atoms with Crippen LogP contribution in [-0.4, -0.2) is 88.0 Å². The summed E-state index contributed by atoms with van der Waals surface area (Å²) >= 11 is 0. The molecule has 6 unspecified atom stereocenters. The molecule has 270 valence electrons. The third-order valence-electron chi connectivity index (χ3n) is 8.03. The molecule has 48 heavy (non-hydrogen) atoms. The molecule has 0 aliphatic heterocycles. The lowest BCUT2D eigenvalue weighted by Gasteiger charge is -2.29. The van der Waals surface area contributed by atoms with Gasteiger partial charge in [0.25, 0.3) is 0 Å². The summed E-state index contributed by atoms with van der Waals surface area (Å²) in [5.41, 5.74) is 0. The highest BCUT2D eigenvalue weighted by Crippen LogP contribution is 2.33. The number of rotatable bonds is 21. The Kier molecular flexibility index (Phi) is 19.1. The van der Waals surface area contributed by atoms with Crippen LogP contribution in [0.4, 0.5) is 0 Å². The quantitative estimate of drug-likeness (QED) is 0.0562. The minimum atomic E-state index is -0.826. The van der Waals surface area contributed by atoms with Crippen molar-refractivity contribution in [1.82, 2.24) is 0 Å². The van der Waals surface area contributed by atoms with Crippen molar-refractivity contribution in [3.05, 3.63) is 25.3 Å². The summed E-state index contributed by atoms with van der Waals surface area (Å²) in [5.74, 6) is -5.89. The second kappa shape index (κ2) is 22.7. The largest absolute Gasteiger partial charge is 0.462 e. The van der Waals surface area contributed by atoms with E-state index in [1.54, 1.807) is 13.8 Å². The van der Waals surface area contributed by atoms with Gasteiger partial charge < -0.3 is 37.9 Å². The van der Waals surface area contributed by atoms with Gasteiger partial charge in [-0.25, -0.2) is 9.59 Å². The summed E-state index contributed by atoms with van der Waals surface area (Å²) in [4.78, 5) is 73.1. The molecule has 0 aromatic rings. The average Bonchev–Trinajstić information content (AvgIpc) is 3.09. The first-order valence-electron chi connectivity index (χ1n) is 16.6. The summed E-state index contributed by atoms with van der Waals surface area (Å²) in [5, 5.41) is 0. The van der Waals surface area contributed by atoms with Crippen molar-refractivity contribution in [1.29, 1.82) is 0 Å². The summed E-state index contributed by atoms with van der Waals surface area (Å²) in [6.07, 6.45) is 6.67. The van der Waals surface area contributed by atoms with Crippen LogP contribution >= 0.6 is 0 Å². The molecule has 0 heterocycles. The van der Waals surface area contributed by atoms with Gasteiger partial charge in [0.15, 0.2) is 12.6 Å². The molecule has 0 spiro atoms. The molecule has 2 aliphatic carbocycles. The minimum absolute atomic E-state index is 0.0996. The molecule has 2 fully saturated rings. The lowest BCUT2D eigenvalue weighted by atomic mass is 9.79. The molecule has 2 saturated carbocycles. The fourth-order valence-electron chi connectivity index (χ4n) is 5.56. The number of esters is 6. The van der Waals surface area contributed by atoms with E-state index in [9.17, 15) is 28.8 Å². The molecular formula is C34H50O14. The molecule has 0 aromatic carbocycles. The second-order valence-electron chi connectivity index (χ2n) is 11.5. The topological polar surface area (TPSA) is 176 Å². The number of carbonyl (C=O) groups excluding carboxylic acids is 6. The highest BCUT2D eigenvalue weighted by molar-refractivity contribution is 5.83. The van der Waals surface area contributed by atoms with Crippen molar-refractivity contribution >= 4 is 35.8 Å². The number of ether oxygens (including phenoxy) is 8. The zero-order valence-electron chi connectivity index (χ0n) is 28.1. The average molecular weight is 683 g/mol. The van der Waals surface area contributed by atoms with Crippen LogP contribution in [0.25, 0.3) is 0 Å². The van der Waals surface area contributed by atoms with Crippen LogP contribution in [0.1, 0.15) is 78.1 Å². The number of carbonyl (C=O) groups is 6. The van der Waals surface area contributed by atoms with Crippen molar-refractivity contribution in [2.24, 2.45) is 23.7 Å². The summed E-state index contributed by atoms with van der Waals surface area (Å²) in [7, 11) is 0. The van der Waals surface area contributed by atoms with Crippen molar-refractivity contribution in [3.8, 4) is 0 Å². The van der Waals surface area contributed by atoms with E-state index in [-0.39, 0.29) is 39.6 Å². The fraction of sp³-hybridized carbons (Fsp3) is 0.706. The maximum absolute atomic E-state index is 12.8. The van der Waals surface area contributed by atoms with Gasteiger partial charge in [-0.3, -0.25) is 19.2 Å². The lowest BCUT2D eigenvalue weighted by Crippen LogP contribution is -2.37. The summed E-state index contributed by atoms with van der Waals surface area (Å²) in [6, 6.07) is 0. The van der Waals surface area contributed by atoms with E-state index >= 15 is 0 Å². The molecule has 0 N–H and O–H groups in total. The van der Waals surface area contributed by atoms with Crippen LogP contribution in [0.2, 0.25) is 0 Å². The van der Waals surface area contributed by atoms with E-state index in [0.717, 1.165) is 37.8 Å². The predicted molar refractivity (Wildman–Crippen MR) is 167 cm³/mol. The van der Waals surface area contributed by atoms with Gasteiger partial charge in [0.05, 0.1) is 36.9 Å². The molecule has 0 radical (unpaired) electrons. The third-order valence-corrected chi connectivity index (χ3v) is 8.03. The molecule has 0 bridgehead atoms. The summed E-state index contributed by atoms with van der Waals surface area (Å²) < 4.78 is 42.2. The normalized spacial score (nSPS) is 21.8. The van der Waals surface area contributed by atoms with E-state index in [1.807, 2.05) is 0 Å². The Morgan fingerprint density at radius 3 is 1.17 bits per heavy atom. The molecule has 14 nitrogen and oxygen atoms in total. The monoisotopic (exact) mass is 682 g/mol. The highest BCUT2D eigenvalue weighted by Gasteiger charge is 2.39. The van der Waals surface area contributed by atoms with Crippen LogP contribution < -0.4 is 0 Å². The number of unbranched alkanes of at least 4 members (excludes halogenated alkanes) is 1. The van der Waals surface area contributed by atoms with Crippen LogP contribution in [0.3, 0.4) is 0 Å². The van der Waals surface area contributed by atoms with E-state index in [4.69, 9.17) is 37.9 Å². The van der Waals surface area contributed by atoms with E-state index in [0.29, 0.717) is 38.5 Å². The Hall–Kier alpha value is -3.78. The number of hydrogen-bond acceptors (Lipinski definition) is 14. The smallest absolute Gasteiger partial charge is 0.330 e. The van der Waals surface area contributed by atoms with Gasteiger partial charge in [0.1, 0.15) is 26.4 Å². The Morgan fingerprint density at radius 2 is 0.833 bits per heavy atom. The first kappa shape index (κ1) is 40.4. The van der Waals surface area contributed by atoms with Gasteiger partial charge in [-0.05, 0) is 52.4 Å². The van der Waals surface area contributed by atoms with Gasteiger partial charge in [-0.2, -0.15) is 0 Å². The zero-order chi connectivity index (χ0) is 35.3. The van der Waals surface area contributed by atoms with Crippen LogP contribution in [0, 0.1) is 23.7 Å². The van der Waals surface area contributed by atoms with Gasteiger partial charge in [-0.1, -0.05) is 38.8 Å². The number of hydrogen-bond donors (Lipinski definition) is 0. The van der Waals surface area contributed by atoms with Crippen LogP contribution in [-0.2, 0) is 66.7 Å². The van der Waals surface area contributed by atoms with Crippen molar-refractivity contribution in [3.63, 3.8) is 0 Å². The maximum Gasteiger partial charge on any atom is 0.330 e. The maximum atomic E-state index is 12.8. The summed E-state index contributed by atoms with van der Waals surface area (Å²) in [6.45, 7) is 9.93. The lowest BCUT2D eigenvalue weighted by molar-refractivity contribution is -0.188. The first-order chi connectivity index (χ1) is 23.1. The van der Waals surface area contributed by atoms with Gasteiger partial charge in [0, 0.05) is 12.2 Å².